The molecule has 2 N–H and O–H groups in total. The van der Waals surface area contributed by atoms with Gasteiger partial charge < -0.3 is 15.4 Å². The van der Waals surface area contributed by atoms with E-state index in [0.717, 1.165) is 6.54 Å². The molecule has 100 valence electrons. The summed E-state index contributed by atoms with van der Waals surface area (Å²) >= 11 is 0. The van der Waals surface area contributed by atoms with Crippen LogP contribution in [-0.4, -0.2) is 23.6 Å². The van der Waals surface area contributed by atoms with Crippen molar-refractivity contribution in [1.82, 2.24) is 9.97 Å². The van der Waals surface area contributed by atoms with Gasteiger partial charge in [-0.15, -0.1) is 0 Å². The third kappa shape index (κ3) is 3.31. The summed E-state index contributed by atoms with van der Waals surface area (Å²) in [7, 11) is 1.49. The van der Waals surface area contributed by atoms with Gasteiger partial charge in [-0.25, -0.2) is 9.37 Å². The molecule has 2 aromatic rings. The summed E-state index contributed by atoms with van der Waals surface area (Å²) in [5, 5.41) is 6.11. The molecule has 6 heteroatoms. The average molecular weight is 262 g/mol. The summed E-state index contributed by atoms with van der Waals surface area (Å²) in [4.78, 5) is 8.39. The van der Waals surface area contributed by atoms with Crippen molar-refractivity contribution in [3.05, 3.63) is 36.4 Å². The molecule has 2 rings (SSSR count). The second kappa shape index (κ2) is 5.99. The predicted octanol–water partition coefficient (Wildman–Crippen LogP) is 2.80. The molecule has 19 heavy (non-hydrogen) atoms. The van der Waals surface area contributed by atoms with Crippen LogP contribution >= 0.6 is 0 Å². The highest BCUT2D eigenvalue weighted by molar-refractivity contribution is 5.64. The van der Waals surface area contributed by atoms with E-state index in [2.05, 4.69) is 20.6 Å². The summed E-state index contributed by atoms with van der Waals surface area (Å²) in [5.41, 5.74) is 0.631. The molecule has 0 aliphatic carbocycles. The highest BCUT2D eigenvalue weighted by atomic mass is 19.1. The molecule has 0 bridgehead atoms. The van der Waals surface area contributed by atoms with Crippen LogP contribution in [0.4, 0.5) is 21.7 Å². The van der Waals surface area contributed by atoms with Crippen molar-refractivity contribution < 1.29 is 9.13 Å². The van der Waals surface area contributed by atoms with Crippen LogP contribution < -0.4 is 15.4 Å². The van der Waals surface area contributed by atoms with E-state index in [1.807, 2.05) is 6.92 Å². The Morgan fingerprint density at radius 2 is 2.05 bits per heavy atom. The Kier molecular flexibility index (Phi) is 4.12. The maximum Gasteiger partial charge on any atom is 0.151 e. The molecule has 0 atom stereocenters. The lowest BCUT2D eigenvalue weighted by molar-refractivity contribution is 0.413. The Bertz CT molecular complexity index is 562. The summed E-state index contributed by atoms with van der Waals surface area (Å²) < 4.78 is 18.2. The van der Waals surface area contributed by atoms with E-state index in [4.69, 9.17) is 4.74 Å². The maximum atomic E-state index is 13.1. The smallest absolute Gasteiger partial charge is 0.151 e. The van der Waals surface area contributed by atoms with Gasteiger partial charge in [-0.05, 0) is 19.1 Å². The zero-order chi connectivity index (χ0) is 13.7. The van der Waals surface area contributed by atoms with Crippen molar-refractivity contribution >= 4 is 17.3 Å². The summed E-state index contributed by atoms with van der Waals surface area (Å²) in [6.07, 6.45) is 3.22. The fourth-order valence-electron chi connectivity index (χ4n) is 1.60. The molecule has 0 aliphatic rings. The number of hydrogen-bond donors (Lipinski definition) is 2. The molecule has 0 spiro atoms. The zero-order valence-corrected chi connectivity index (χ0v) is 10.8. The van der Waals surface area contributed by atoms with E-state index in [1.54, 1.807) is 18.5 Å². The van der Waals surface area contributed by atoms with Crippen LogP contribution in [0.5, 0.6) is 5.75 Å². The number of ether oxygens (including phenoxy) is 1. The molecule has 1 aromatic carbocycles. The molecule has 0 saturated carbocycles. The summed E-state index contributed by atoms with van der Waals surface area (Å²) in [6, 6.07) is 4.26. The van der Waals surface area contributed by atoms with E-state index in [1.165, 1.54) is 19.2 Å². The Labute approximate surface area is 110 Å². The first kappa shape index (κ1) is 13.1. The Morgan fingerprint density at radius 3 is 2.79 bits per heavy atom. The van der Waals surface area contributed by atoms with Gasteiger partial charge in [0.1, 0.15) is 17.4 Å². The predicted molar refractivity (Wildman–Crippen MR) is 72.4 cm³/mol. The summed E-state index contributed by atoms with van der Waals surface area (Å²) in [6.45, 7) is 2.74. The fraction of sp³-hybridized carbons (Fsp3) is 0.231. The van der Waals surface area contributed by atoms with Crippen LogP contribution in [-0.2, 0) is 0 Å². The molecular weight excluding hydrogens is 247 g/mol. The van der Waals surface area contributed by atoms with Gasteiger partial charge in [0.15, 0.2) is 5.82 Å². The van der Waals surface area contributed by atoms with Crippen LogP contribution in [0.25, 0.3) is 0 Å². The number of hydrogen-bond acceptors (Lipinski definition) is 5. The van der Waals surface area contributed by atoms with Crippen molar-refractivity contribution in [2.75, 3.05) is 24.3 Å². The van der Waals surface area contributed by atoms with Crippen LogP contribution in [0.15, 0.2) is 30.6 Å². The normalized spacial score (nSPS) is 10.1. The van der Waals surface area contributed by atoms with Crippen molar-refractivity contribution in [2.45, 2.75) is 6.92 Å². The Balaban J connectivity index is 2.23. The van der Waals surface area contributed by atoms with Gasteiger partial charge in [-0.3, -0.25) is 4.98 Å². The second-order valence-corrected chi connectivity index (χ2v) is 3.79. The molecule has 5 nitrogen and oxygen atoms in total. The first-order chi connectivity index (χ1) is 9.22. The molecule has 1 heterocycles. The molecule has 0 aliphatic heterocycles. The molecule has 0 amide bonds. The standard InChI is InChI=1S/C13H15FN4O/c1-3-16-12-7-15-8-13(18-12)17-10-5-4-9(14)6-11(10)19-2/h4-8H,3H2,1-2H3,(H2,16,17,18). The quantitative estimate of drug-likeness (QED) is 0.867. The van der Waals surface area contributed by atoms with Gasteiger partial charge in [0, 0.05) is 12.6 Å². The first-order valence-corrected chi connectivity index (χ1v) is 5.89. The topological polar surface area (TPSA) is 59.1 Å². The Hall–Kier alpha value is -2.37. The minimum absolute atomic E-state index is 0.352. The van der Waals surface area contributed by atoms with Gasteiger partial charge in [-0.2, -0.15) is 0 Å². The number of rotatable bonds is 5. The molecule has 1 aromatic heterocycles. The van der Waals surface area contributed by atoms with Gasteiger partial charge in [0.05, 0.1) is 25.2 Å². The average Bonchev–Trinajstić information content (AvgIpc) is 2.41. The fourth-order valence-corrected chi connectivity index (χ4v) is 1.60. The number of halogens is 1. The lowest BCUT2D eigenvalue weighted by Gasteiger charge is -2.11. The monoisotopic (exact) mass is 262 g/mol. The van der Waals surface area contributed by atoms with Crippen LogP contribution in [0.3, 0.4) is 0 Å². The third-order valence-electron chi connectivity index (χ3n) is 2.42. The minimum Gasteiger partial charge on any atom is -0.494 e. The molecule has 0 unspecified atom stereocenters. The van der Waals surface area contributed by atoms with Crippen LogP contribution in [0.2, 0.25) is 0 Å². The summed E-state index contributed by atoms with van der Waals surface area (Å²) in [5.74, 6) is 1.29. The van der Waals surface area contributed by atoms with Crippen LogP contribution in [0, 0.1) is 5.82 Å². The van der Waals surface area contributed by atoms with Crippen molar-refractivity contribution in [3.63, 3.8) is 0 Å². The molecule has 0 fully saturated rings. The largest absolute Gasteiger partial charge is 0.494 e. The van der Waals surface area contributed by atoms with E-state index >= 15 is 0 Å². The maximum absolute atomic E-state index is 13.1. The Morgan fingerprint density at radius 1 is 1.26 bits per heavy atom. The highest BCUT2D eigenvalue weighted by Gasteiger charge is 2.06. The van der Waals surface area contributed by atoms with Crippen molar-refractivity contribution in [3.8, 4) is 5.75 Å². The third-order valence-corrected chi connectivity index (χ3v) is 2.42. The lowest BCUT2D eigenvalue weighted by Crippen LogP contribution is -2.03. The SMILES string of the molecule is CCNc1cncc(Nc2ccc(F)cc2OC)n1. The molecule has 0 saturated heterocycles. The van der Waals surface area contributed by atoms with Gasteiger partial charge >= 0.3 is 0 Å². The van der Waals surface area contributed by atoms with E-state index in [0.29, 0.717) is 23.1 Å². The van der Waals surface area contributed by atoms with Crippen LogP contribution in [0.1, 0.15) is 6.92 Å². The number of aromatic nitrogens is 2. The lowest BCUT2D eigenvalue weighted by atomic mass is 10.3. The first-order valence-electron chi connectivity index (χ1n) is 5.89. The second-order valence-electron chi connectivity index (χ2n) is 3.79. The number of nitrogens with zero attached hydrogens (tertiary/aromatic N) is 2. The molecule has 0 radical (unpaired) electrons. The number of methoxy groups -OCH3 is 1. The van der Waals surface area contributed by atoms with E-state index in [-0.39, 0.29) is 5.82 Å². The van der Waals surface area contributed by atoms with Crippen molar-refractivity contribution in [1.29, 1.82) is 0 Å². The zero-order valence-electron chi connectivity index (χ0n) is 10.8. The van der Waals surface area contributed by atoms with E-state index in [9.17, 15) is 4.39 Å². The number of anilines is 3. The number of benzene rings is 1. The number of nitrogens with one attached hydrogen (secondary N) is 2. The molecular formula is C13H15FN4O. The van der Waals surface area contributed by atoms with E-state index < -0.39 is 0 Å². The van der Waals surface area contributed by atoms with Gasteiger partial charge in [0.25, 0.3) is 0 Å². The van der Waals surface area contributed by atoms with Gasteiger partial charge in [-0.1, -0.05) is 0 Å². The highest BCUT2D eigenvalue weighted by Crippen LogP contribution is 2.27. The minimum atomic E-state index is -0.352. The van der Waals surface area contributed by atoms with Crippen molar-refractivity contribution in [2.24, 2.45) is 0 Å². The van der Waals surface area contributed by atoms with Gasteiger partial charge in [0.2, 0.25) is 0 Å².